The molecule has 1 N–H and O–H groups in total. The van der Waals surface area contributed by atoms with Crippen molar-refractivity contribution in [2.75, 3.05) is 32.8 Å². The lowest BCUT2D eigenvalue weighted by Gasteiger charge is -2.41. The molecule has 0 aromatic rings. The highest BCUT2D eigenvalue weighted by molar-refractivity contribution is 4.92. The summed E-state index contributed by atoms with van der Waals surface area (Å²) in [5, 5.41) is 3.69. The third-order valence-electron chi connectivity index (χ3n) is 4.49. The first-order chi connectivity index (χ1) is 8.14. The normalized spacial score (nSPS) is 41.1. The van der Waals surface area contributed by atoms with Crippen molar-refractivity contribution >= 4 is 0 Å². The molecule has 2 rings (SSSR count). The summed E-state index contributed by atoms with van der Waals surface area (Å²) in [4.78, 5) is 2.69. The van der Waals surface area contributed by atoms with Crippen molar-refractivity contribution < 1.29 is 4.74 Å². The zero-order valence-corrected chi connectivity index (χ0v) is 11.7. The van der Waals surface area contributed by atoms with E-state index in [1.54, 1.807) is 0 Å². The Balaban J connectivity index is 1.99. The van der Waals surface area contributed by atoms with Gasteiger partial charge in [0, 0.05) is 31.3 Å². The van der Waals surface area contributed by atoms with E-state index in [-0.39, 0.29) is 0 Å². The van der Waals surface area contributed by atoms with E-state index in [4.69, 9.17) is 4.74 Å². The quantitative estimate of drug-likeness (QED) is 0.797. The highest BCUT2D eigenvalue weighted by atomic mass is 16.5. The van der Waals surface area contributed by atoms with Crippen LogP contribution in [0.2, 0.25) is 0 Å². The lowest BCUT2D eigenvalue weighted by Crippen LogP contribution is -2.53. The zero-order valence-electron chi connectivity index (χ0n) is 11.7. The van der Waals surface area contributed by atoms with Crippen LogP contribution in [0.25, 0.3) is 0 Å². The van der Waals surface area contributed by atoms with Gasteiger partial charge in [-0.15, -0.1) is 0 Å². The van der Waals surface area contributed by atoms with E-state index in [9.17, 15) is 0 Å². The van der Waals surface area contributed by atoms with Crippen LogP contribution < -0.4 is 5.32 Å². The summed E-state index contributed by atoms with van der Waals surface area (Å²) in [7, 11) is 0. The second-order valence-corrected chi connectivity index (χ2v) is 6.15. The number of nitrogens with one attached hydrogen (secondary N) is 1. The third kappa shape index (κ3) is 3.21. The van der Waals surface area contributed by atoms with E-state index in [2.05, 4.69) is 31.0 Å². The van der Waals surface area contributed by atoms with Gasteiger partial charge in [0.2, 0.25) is 0 Å². The molecule has 2 heterocycles. The average Bonchev–Trinajstić information content (AvgIpc) is 2.72. The van der Waals surface area contributed by atoms with Crippen LogP contribution in [-0.4, -0.2) is 49.3 Å². The molecule has 0 saturated carbocycles. The number of nitrogens with zero attached hydrogens (tertiary/aromatic N) is 1. The Morgan fingerprint density at radius 3 is 2.94 bits per heavy atom. The maximum atomic E-state index is 5.62. The van der Waals surface area contributed by atoms with Gasteiger partial charge in [0.05, 0.1) is 6.61 Å². The molecule has 2 saturated heterocycles. The summed E-state index contributed by atoms with van der Waals surface area (Å²) in [5.41, 5.74) is 0.296. The van der Waals surface area contributed by atoms with Crippen molar-refractivity contribution in [3.8, 4) is 0 Å². The van der Waals surface area contributed by atoms with Gasteiger partial charge < -0.3 is 10.1 Å². The van der Waals surface area contributed by atoms with E-state index < -0.39 is 0 Å². The summed E-state index contributed by atoms with van der Waals surface area (Å²) in [6.45, 7) is 12.5. The lowest BCUT2D eigenvalue weighted by molar-refractivity contribution is 0.0565. The van der Waals surface area contributed by atoms with E-state index in [1.807, 2.05) is 0 Å². The van der Waals surface area contributed by atoms with Gasteiger partial charge in [-0.1, -0.05) is 13.8 Å². The van der Waals surface area contributed by atoms with Gasteiger partial charge in [-0.2, -0.15) is 0 Å². The smallest absolute Gasteiger partial charge is 0.0648 e. The summed E-state index contributed by atoms with van der Waals surface area (Å²) in [5.74, 6) is 0.738. The van der Waals surface area contributed by atoms with Crippen LogP contribution in [0.4, 0.5) is 0 Å². The highest BCUT2D eigenvalue weighted by Crippen LogP contribution is 2.27. The fourth-order valence-electron chi connectivity index (χ4n) is 3.06. The Morgan fingerprint density at radius 1 is 1.47 bits per heavy atom. The average molecular weight is 240 g/mol. The molecule has 0 radical (unpaired) electrons. The van der Waals surface area contributed by atoms with Crippen molar-refractivity contribution in [2.45, 2.75) is 51.6 Å². The van der Waals surface area contributed by atoms with Crippen LogP contribution in [0.3, 0.4) is 0 Å². The lowest BCUT2D eigenvalue weighted by atomic mass is 9.94. The Hall–Kier alpha value is -0.120. The predicted molar refractivity (Wildman–Crippen MR) is 71.3 cm³/mol. The molecule has 3 heteroatoms. The molecule has 2 fully saturated rings. The monoisotopic (exact) mass is 240 g/mol. The Bertz CT molecular complexity index is 238. The topological polar surface area (TPSA) is 24.5 Å². The zero-order chi connectivity index (χ0) is 12.3. The molecule has 100 valence electrons. The highest BCUT2D eigenvalue weighted by Gasteiger charge is 2.37. The molecule has 0 spiro atoms. The Kier molecular flexibility index (Phi) is 4.45. The first kappa shape index (κ1) is 13.3. The molecular formula is C14H28N2O. The minimum absolute atomic E-state index is 0.296. The largest absolute Gasteiger partial charge is 0.379 e. The number of hydrogen-bond acceptors (Lipinski definition) is 3. The predicted octanol–water partition coefficient (Wildman–Crippen LogP) is 1.88. The van der Waals surface area contributed by atoms with Crippen molar-refractivity contribution in [1.82, 2.24) is 10.2 Å². The number of ether oxygens (including phenoxy) is 1. The summed E-state index contributed by atoms with van der Waals surface area (Å²) < 4.78 is 5.62. The maximum Gasteiger partial charge on any atom is 0.0648 e. The second kappa shape index (κ2) is 5.68. The first-order valence-electron chi connectivity index (χ1n) is 7.20. The van der Waals surface area contributed by atoms with Gasteiger partial charge in [-0.05, 0) is 38.6 Å². The standard InChI is InChI=1S/C14H28N2O/c1-4-13-5-7-16(10-12(2)9-15-13)14(3)6-8-17-11-14/h12-13,15H,4-11H2,1-3H3. The molecule has 3 nitrogen and oxygen atoms in total. The minimum atomic E-state index is 0.296. The van der Waals surface area contributed by atoms with Gasteiger partial charge in [0.1, 0.15) is 0 Å². The molecule has 3 atom stereocenters. The van der Waals surface area contributed by atoms with Crippen LogP contribution in [0, 0.1) is 5.92 Å². The Morgan fingerprint density at radius 2 is 2.29 bits per heavy atom. The molecule has 0 amide bonds. The molecule has 2 aliphatic rings. The Labute approximate surface area is 106 Å². The molecule has 3 unspecified atom stereocenters. The van der Waals surface area contributed by atoms with Crippen LogP contribution in [0.15, 0.2) is 0 Å². The summed E-state index contributed by atoms with van der Waals surface area (Å²) in [6, 6.07) is 0.700. The minimum Gasteiger partial charge on any atom is -0.379 e. The van der Waals surface area contributed by atoms with Crippen molar-refractivity contribution in [1.29, 1.82) is 0 Å². The molecule has 0 bridgehead atoms. The molecule has 0 aromatic carbocycles. The molecule has 17 heavy (non-hydrogen) atoms. The van der Waals surface area contributed by atoms with Gasteiger partial charge in [0.15, 0.2) is 0 Å². The fraction of sp³-hybridized carbons (Fsp3) is 1.00. The van der Waals surface area contributed by atoms with Crippen LogP contribution >= 0.6 is 0 Å². The summed E-state index contributed by atoms with van der Waals surface area (Å²) >= 11 is 0. The fourth-order valence-corrected chi connectivity index (χ4v) is 3.06. The second-order valence-electron chi connectivity index (χ2n) is 6.15. The molecule has 0 aliphatic carbocycles. The van der Waals surface area contributed by atoms with Crippen LogP contribution in [-0.2, 0) is 4.74 Å². The van der Waals surface area contributed by atoms with Gasteiger partial charge in [-0.25, -0.2) is 0 Å². The summed E-state index contributed by atoms with van der Waals surface area (Å²) in [6.07, 6.45) is 3.72. The van der Waals surface area contributed by atoms with E-state index in [0.29, 0.717) is 11.6 Å². The van der Waals surface area contributed by atoms with E-state index >= 15 is 0 Å². The number of rotatable bonds is 2. The van der Waals surface area contributed by atoms with E-state index in [0.717, 1.165) is 25.7 Å². The molecular weight excluding hydrogens is 212 g/mol. The van der Waals surface area contributed by atoms with Crippen molar-refractivity contribution in [3.63, 3.8) is 0 Å². The van der Waals surface area contributed by atoms with Crippen molar-refractivity contribution in [3.05, 3.63) is 0 Å². The van der Waals surface area contributed by atoms with Gasteiger partial charge in [-0.3, -0.25) is 4.90 Å². The third-order valence-corrected chi connectivity index (χ3v) is 4.49. The molecule has 2 aliphatic heterocycles. The van der Waals surface area contributed by atoms with Crippen molar-refractivity contribution in [2.24, 2.45) is 5.92 Å². The molecule has 0 aromatic heterocycles. The SMILES string of the molecule is CCC1CCN(C2(C)CCOC2)CC(C)CN1. The maximum absolute atomic E-state index is 5.62. The van der Waals surface area contributed by atoms with Crippen LogP contribution in [0.5, 0.6) is 0 Å². The van der Waals surface area contributed by atoms with E-state index in [1.165, 1.54) is 32.4 Å². The van der Waals surface area contributed by atoms with Gasteiger partial charge >= 0.3 is 0 Å². The van der Waals surface area contributed by atoms with Gasteiger partial charge in [0.25, 0.3) is 0 Å². The number of hydrogen-bond donors (Lipinski definition) is 1. The first-order valence-corrected chi connectivity index (χ1v) is 7.20. The van der Waals surface area contributed by atoms with Crippen LogP contribution in [0.1, 0.15) is 40.0 Å².